The molecule has 2 rings (SSSR count). The van der Waals surface area contributed by atoms with Gasteiger partial charge in [0.25, 0.3) is 0 Å². The van der Waals surface area contributed by atoms with Crippen molar-refractivity contribution in [1.82, 2.24) is 0 Å². The molecular weight excluding hydrogens is 314 g/mol. The average molecular weight is 334 g/mol. The maximum absolute atomic E-state index is 12.0. The topological polar surface area (TPSA) is 101 Å². The van der Waals surface area contributed by atoms with Gasteiger partial charge in [-0.15, -0.1) is 12.4 Å². The summed E-state index contributed by atoms with van der Waals surface area (Å²) in [5.41, 5.74) is 6.90. The molecule has 8 heteroatoms. The van der Waals surface area contributed by atoms with Gasteiger partial charge >= 0.3 is 0 Å². The van der Waals surface area contributed by atoms with Crippen molar-refractivity contribution in [1.29, 1.82) is 0 Å². The van der Waals surface area contributed by atoms with E-state index in [1.54, 1.807) is 24.3 Å². The van der Waals surface area contributed by atoms with Gasteiger partial charge in [0.05, 0.1) is 6.26 Å². The van der Waals surface area contributed by atoms with Crippen LogP contribution in [0.1, 0.15) is 19.3 Å². The minimum atomic E-state index is -3.28. The highest BCUT2D eigenvalue weighted by Gasteiger charge is 2.27. The number of nitrogens with two attached hydrogens (primary N) is 1. The molecule has 0 spiro atoms. The van der Waals surface area contributed by atoms with Gasteiger partial charge in [-0.1, -0.05) is 0 Å². The number of hydrogen-bond donors (Lipinski definition) is 3. The third-order valence-corrected chi connectivity index (χ3v) is 3.91. The standard InChI is InChI=1S/C13H19N3O3S.ClH/c1-20(18,19)16-12-6-4-11(5-7-12)15-13(17)9-2-3-10(14)8-9;/h4-7,9-10,16H,2-3,8,14H2,1H3,(H,15,17);1H. The van der Waals surface area contributed by atoms with Crippen molar-refractivity contribution in [3.05, 3.63) is 24.3 Å². The summed E-state index contributed by atoms with van der Waals surface area (Å²) in [6.45, 7) is 0. The zero-order chi connectivity index (χ0) is 14.8. The Balaban J connectivity index is 0.00000220. The van der Waals surface area contributed by atoms with E-state index in [9.17, 15) is 13.2 Å². The van der Waals surface area contributed by atoms with Crippen LogP contribution in [0.4, 0.5) is 11.4 Å². The quantitative estimate of drug-likeness (QED) is 0.778. The highest BCUT2D eigenvalue weighted by atomic mass is 35.5. The second-order valence-electron chi connectivity index (χ2n) is 5.21. The summed E-state index contributed by atoms with van der Waals surface area (Å²) in [6, 6.07) is 6.67. The lowest BCUT2D eigenvalue weighted by Gasteiger charge is -2.11. The first-order valence-electron chi connectivity index (χ1n) is 6.48. The third-order valence-electron chi connectivity index (χ3n) is 3.30. The highest BCUT2D eigenvalue weighted by Crippen LogP contribution is 2.25. The molecule has 118 valence electrons. The molecule has 6 nitrogen and oxygen atoms in total. The molecule has 1 aliphatic rings. The van der Waals surface area contributed by atoms with Gasteiger partial charge in [-0.25, -0.2) is 8.42 Å². The lowest BCUT2D eigenvalue weighted by molar-refractivity contribution is -0.119. The molecule has 1 aliphatic carbocycles. The van der Waals surface area contributed by atoms with Gasteiger partial charge in [0.15, 0.2) is 0 Å². The largest absolute Gasteiger partial charge is 0.328 e. The van der Waals surface area contributed by atoms with E-state index in [1.165, 1.54) is 0 Å². The number of rotatable bonds is 4. The van der Waals surface area contributed by atoms with Gasteiger partial charge in [-0.3, -0.25) is 9.52 Å². The van der Waals surface area contributed by atoms with Crippen molar-refractivity contribution in [3.8, 4) is 0 Å². The third kappa shape index (κ3) is 5.53. The normalized spacial score (nSPS) is 21.4. The summed E-state index contributed by atoms with van der Waals surface area (Å²) in [4.78, 5) is 12.0. The molecule has 0 aliphatic heterocycles. The minimum Gasteiger partial charge on any atom is -0.328 e. The molecule has 2 unspecified atom stereocenters. The number of hydrogen-bond acceptors (Lipinski definition) is 4. The first-order valence-corrected chi connectivity index (χ1v) is 8.37. The Kier molecular flexibility index (Phi) is 6.00. The van der Waals surface area contributed by atoms with Crippen LogP contribution < -0.4 is 15.8 Å². The van der Waals surface area contributed by atoms with Crippen LogP contribution in [-0.2, 0) is 14.8 Å². The molecule has 0 aromatic heterocycles. The van der Waals surface area contributed by atoms with E-state index in [-0.39, 0.29) is 30.3 Å². The summed E-state index contributed by atoms with van der Waals surface area (Å²) < 4.78 is 24.5. The molecule has 0 bridgehead atoms. The number of halogens is 1. The number of anilines is 2. The van der Waals surface area contributed by atoms with Gasteiger partial charge in [0, 0.05) is 23.3 Å². The van der Waals surface area contributed by atoms with E-state index in [2.05, 4.69) is 10.0 Å². The predicted octanol–water partition coefficient (Wildman–Crippen LogP) is 1.55. The Hall–Kier alpha value is -1.31. The monoisotopic (exact) mass is 333 g/mol. The van der Waals surface area contributed by atoms with Crippen LogP contribution in [-0.4, -0.2) is 26.6 Å². The number of sulfonamides is 1. The first-order chi connectivity index (χ1) is 9.33. The van der Waals surface area contributed by atoms with Crippen LogP contribution in [0.2, 0.25) is 0 Å². The van der Waals surface area contributed by atoms with Crippen LogP contribution in [0, 0.1) is 5.92 Å². The number of benzene rings is 1. The summed E-state index contributed by atoms with van der Waals surface area (Å²) >= 11 is 0. The average Bonchev–Trinajstić information content (AvgIpc) is 2.77. The van der Waals surface area contributed by atoms with Crippen LogP contribution in [0.3, 0.4) is 0 Å². The lowest BCUT2D eigenvalue weighted by atomic mass is 10.1. The Bertz CT molecular complexity index is 589. The highest BCUT2D eigenvalue weighted by molar-refractivity contribution is 7.92. The smallest absolute Gasteiger partial charge is 0.229 e. The Morgan fingerprint density at radius 2 is 1.76 bits per heavy atom. The molecule has 1 aromatic carbocycles. The van der Waals surface area contributed by atoms with E-state index in [0.29, 0.717) is 11.4 Å². The zero-order valence-corrected chi connectivity index (χ0v) is 13.3. The van der Waals surface area contributed by atoms with Crippen LogP contribution in [0.15, 0.2) is 24.3 Å². The van der Waals surface area contributed by atoms with Crippen molar-refractivity contribution in [2.45, 2.75) is 25.3 Å². The first kappa shape index (κ1) is 17.7. The van der Waals surface area contributed by atoms with Gasteiger partial charge in [0.1, 0.15) is 0 Å². The fourth-order valence-corrected chi connectivity index (χ4v) is 2.90. The molecule has 4 N–H and O–H groups in total. The molecule has 1 amide bonds. The van der Waals surface area contributed by atoms with Crippen molar-refractivity contribution in [2.75, 3.05) is 16.3 Å². The minimum absolute atomic E-state index is 0. The second-order valence-corrected chi connectivity index (χ2v) is 6.96. The van der Waals surface area contributed by atoms with E-state index in [4.69, 9.17) is 5.73 Å². The molecule has 1 aromatic rings. The molecule has 0 radical (unpaired) electrons. The van der Waals surface area contributed by atoms with Crippen molar-refractivity contribution >= 4 is 39.7 Å². The number of amides is 1. The van der Waals surface area contributed by atoms with Crippen LogP contribution in [0.5, 0.6) is 0 Å². The summed E-state index contributed by atoms with van der Waals surface area (Å²) in [5, 5.41) is 2.82. The molecule has 0 heterocycles. The second kappa shape index (κ2) is 7.11. The van der Waals surface area contributed by atoms with E-state index in [0.717, 1.165) is 25.5 Å². The Labute approximate surface area is 130 Å². The van der Waals surface area contributed by atoms with Gasteiger partial charge in [0.2, 0.25) is 15.9 Å². The van der Waals surface area contributed by atoms with Crippen molar-refractivity contribution < 1.29 is 13.2 Å². The molecule has 21 heavy (non-hydrogen) atoms. The molecule has 0 saturated heterocycles. The SMILES string of the molecule is CS(=O)(=O)Nc1ccc(NC(=O)C2CCC(N)C2)cc1.Cl. The van der Waals surface area contributed by atoms with Crippen LogP contribution >= 0.6 is 12.4 Å². The fraction of sp³-hybridized carbons (Fsp3) is 0.462. The van der Waals surface area contributed by atoms with E-state index < -0.39 is 10.0 Å². The van der Waals surface area contributed by atoms with E-state index >= 15 is 0 Å². The number of carbonyl (C=O) groups is 1. The zero-order valence-electron chi connectivity index (χ0n) is 11.7. The summed E-state index contributed by atoms with van der Waals surface area (Å²) in [6.07, 6.45) is 3.52. The number of carbonyl (C=O) groups excluding carboxylic acids is 1. The maximum Gasteiger partial charge on any atom is 0.229 e. The molecular formula is C13H20ClN3O3S. The molecule has 2 atom stereocenters. The number of nitrogens with one attached hydrogen (secondary N) is 2. The Morgan fingerprint density at radius 1 is 1.19 bits per heavy atom. The molecule has 1 fully saturated rings. The Morgan fingerprint density at radius 3 is 2.24 bits per heavy atom. The predicted molar refractivity (Wildman–Crippen MR) is 86.1 cm³/mol. The summed E-state index contributed by atoms with van der Waals surface area (Å²) in [7, 11) is -3.28. The van der Waals surface area contributed by atoms with Gasteiger partial charge in [-0.05, 0) is 43.5 Å². The summed E-state index contributed by atoms with van der Waals surface area (Å²) in [5.74, 6) is -0.0550. The van der Waals surface area contributed by atoms with Crippen molar-refractivity contribution in [2.24, 2.45) is 11.7 Å². The van der Waals surface area contributed by atoms with Gasteiger partial charge < -0.3 is 11.1 Å². The lowest BCUT2D eigenvalue weighted by Crippen LogP contribution is -2.23. The van der Waals surface area contributed by atoms with Crippen molar-refractivity contribution in [3.63, 3.8) is 0 Å². The maximum atomic E-state index is 12.0. The van der Waals surface area contributed by atoms with E-state index in [1.807, 2.05) is 0 Å². The molecule has 1 saturated carbocycles. The fourth-order valence-electron chi connectivity index (χ4n) is 2.33. The van der Waals surface area contributed by atoms with Crippen LogP contribution in [0.25, 0.3) is 0 Å². The van der Waals surface area contributed by atoms with Gasteiger partial charge in [-0.2, -0.15) is 0 Å².